The molecule has 0 radical (unpaired) electrons. The maximum atomic E-state index is 14.2. The van der Waals surface area contributed by atoms with Gasteiger partial charge in [0.25, 0.3) is 0 Å². The van der Waals surface area contributed by atoms with E-state index in [4.69, 9.17) is 22.9 Å². The second-order valence-corrected chi connectivity index (χ2v) is 16.6. The number of nitrogens with two attached hydrogens (primary N) is 4. The van der Waals surface area contributed by atoms with Crippen LogP contribution in [-0.2, 0) is 59.2 Å². The summed E-state index contributed by atoms with van der Waals surface area (Å²) < 4.78 is 0. The van der Waals surface area contributed by atoms with Crippen LogP contribution < -0.4 is 60.2 Å². The standard InChI is InChI=1S/C40H63N15O13/c1-19(2)31-38(67)51-23(8-11-29(42)58)34(63)53-26(17-56)39(68)55-14-4-6-27(55)37(66)50-24(9-12-30(59)60)33(62)52-25(15-20-16-45-18-47-20)36(65)49-22(7-10-28(41)57)32(61)48-21(35(64)54-31)5-3-13-46-40(43)44/h16,18-19,21-27,31,56H,3-15,17H2,1-2H3,(H2,41,57)(H2,42,58)(H,45,47)(H,48,61)(H,49,65)(H,50,66)(H,51,67)(H,52,62)(H,53,63)(H,54,64)(H,59,60)(H4,43,44,46)/t21-,22-,23-,24-,25-,26-,27-,31-/m0/s1. The first-order valence-corrected chi connectivity index (χ1v) is 22.0. The first-order chi connectivity index (χ1) is 32.1. The van der Waals surface area contributed by atoms with Crippen LogP contribution in [-0.4, -0.2) is 164 Å². The maximum absolute atomic E-state index is 14.2. The number of aromatic amines is 1. The van der Waals surface area contributed by atoms with Gasteiger partial charge in [0.1, 0.15) is 48.3 Å². The van der Waals surface area contributed by atoms with Crippen molar-refractivity contribution in [3.8, 4) is 0 Å². The van der Waals surface area contributed by atoms with E-state index in [0.717, 1.165) is 4.90 Å². The number of nitrogens with one attached hydrogen (secondary N) is 8. The molecular formula is C40H63N15O13. The van der Waals surface area contributed by atoms with Crippen LogP contribution in [0.3, 0.4) is 0 Å². The lowest BCUT2D eigenvalue weighted by Gasteiger charge is -2.31. The Labute approximate surface area is 390 Å². The number of aliphatic carboxylic acids is 1. The molecule has 0 aliphatic carbocycles. The number of imidazole rings is 1. The molecule has 1 aromatic heterocycles. The van der Waals surface area contributed by atoms with Crippen molar-refractivity contribution in [2.45, 2.75) is 133 Å². The average Bonchev–Trinajstić information content (AvgIpc) is 3.99. The third-order valence-electron chi connectivity index (χ3n) is 11.0. The van der Waals surface area contributed by atoms with Crippen molar-refractivity contribution in [3.63, 3.8) is 0 Å². The van der Waals surface area contributed by atoms with Crippen molar-refractivity contribution in [2.24, 2.45) is 33.8 Å². The lowest BCUT2D eigenvalue weighted by molar-refractivity contribution is -0.143. The van der Waals surface area contributed by atoms with Gasteiger partial charge in [-0.1, -0.05) is 13.8 Å². The van der Waals surface area contributed by atoms with Crippen molar-refractivity contribution in [2.75, 3.05) is 19.7 Å². The van der Waals surface area contributed by atoms with Crippen LogP contribution in [0.1, 0.15) is 83.7 Å². The van der Waals surface area contributed by atoms with Gasteiger partial charge >= 0.3 is 5.97 Å². The molecule has 3 rings (SSSR count). The number of hydrogen-bond donors (Lipinski definition) is 14. The molecule has 68 heavy (non-hydrogen) atoms. The number of amides is 10. The Morgan fingerprint density at radius 2 is 1.18 bits per heavy atom. The SMILES string of the molecule is CC(C)[C@@H]1NC(=O)[C@H](CCCN=C(N)N)NC(=O)[C@H](CCC(N)=O)NC(=O)[C@H](Cc2cnc[nH]2)NC(=O)[C@H](CCC(=O)O)NC(=O)[C@@H]2CCCN2C(=O)[C@H](CO)NC(=O)[C@H](CCC(N)=O)NC1=O. The fraction of sp³-hybridized carbons (Fsp3) is 0.625. The van der Waals surface area contributed by atoms with Crippen molar-refractivity contribution in [1.82, 2.24) is 52.1 Å². The van der Waals surface area contributed by atoms with E-state index in [-0.39, 0.29) is 51.2 Å². The van der Waals surface area contributed by atoms with Gasteiger partial charge in [0.2, 0.25) is 59.1 Å². The van der Waals surface area contributed by atoms with Crippen LogP contribution in [0.25, 0.3) is 0 Å². The predicted molar refractivity (Wildman–Crippen MR) is 236 cm³/mol. The smallest absolute Gasteiger partial charge is 0.303 e. The highest BCUT2D eigenvalue weighted by Crippen LogP contribution is 2.20. The summed E-state index contributed by atoms with van der Waals surface area (Å²) in [5.74, 6) is -11.9. The van der Waals surface area contributed by atoms with Gasteiger partial charge in [-0.2, -0.15) is 0 Å². The Morgan fingerprint density at radius 1 is 0.691 bits per heavy atom. The van der Waals surface area contributed by atoms with E-state index in [1.54, 1.807) is 13.8 Å². The Morgan fingerprint density at radius 3 is 1.68 bits per heavy atom. The number of guanidine groups is 1. The molecule has 0 bridgehead atoms. The van der Waals surface area contributed by atoms with Gasteiger partial charge in [0, 0.05) is 50.7 Å². The van der Waals surface area contributed by atoms with Gasteiger partial charge in [-0.3, -0.25) is 57.7 Å². The molecule has 3 heterocycles. The second kappa shape index (κ2) is 26.7. The van der Waals surface area contributed by atoms with Crippen LogP contribution in [0.15, 0.2) is 17.5 Å². The monoisotopic (exact) mass is 961 g/mol. The zero-order valence-electron chi connectivity index (χ0n) is 37.8. The molecule has 8 atom stereocenters. The van der Waals surface area contributed by atoms with E-state index in [1.165, 1.54) is 12.5 Å². The number of carbonyl (C=O) groups excluding carboxylic acids is 10. The Hall–Kier alpha value is -7.39. The lowest BCUT2D eigenvalue weighted by atomic mass is 10.0. The number of carbonyl (C=O) groups is 11. The molecule has 18 N–H and O–H groups in total. The summed E-state index contributed by atoms with van der Waals surface area (Å²) in [4.78, 5) is 159. The fourth-order valence-corrected chi connectivity index (χ4v) is 7.34. The van der Waals surface area contributed by atoms with Crippen LogP contribution in [0.5, 0.6) is 0 Å². The molecule has 0 spiro atoms. The number of primary amides is 2. The van der Waals surface area contributed by atoms with Crippen LogP contribution in [0.2, 0.25) is 0 Å². The summed E-state index contributed by atoms with van der Waals surface area (Å²) >= 11 is 0. The first-order valence-electron chi connectivity index (χ1n) is 22.0. The summed E-state index contributed by atoms with van der Waals surface area (Å²) in [5, 5.41) is 37.2. The number of rotatable bonds is 17. The highest BCUT2D eigenvalue weighted by Gasteiger charge is 2.41. The van der Waals surface area contributed by atoms with E-state index in [9.17, 15) is 63.0 Å². The topological polar surface area (TPSA) is 461 Å². The molecule has 376 valence electrons. The van der Waals surface area contributed by atoms with Gasteiger partial charge < -0.3 is 80.2 Å². The zero-order chi connectivity index (χ0) is 50.7. The molecular weight excluding hydrogens is 899 g/mol. The highest BCUT2D eigenvalue weighted by molar-refractivity contribution is 5.99. The summed E-state index contributed by atoms with van der Waals surface area (Å²) in [5.41, 5.74) is 22.0. The largest absolute Gasteiger partial charge is 0.481 e. The number of aliphatic hydroxyl groups is 1. The molecule has 0 saturated carbocycles. The number of aliphatic imine (C=N–C) groups is 1. The minimum Gasteiger partial charge on any atom is -0.481 e. The third kappa shape index (κ3) is 17.4. The van der Waals surface area contributed by atoms with Gasteiger partial charge in [0.15, 0.2) is 5.96 Å². The first kappa shape index (κ1) is 54.9. The van der Waals surface area contributed by atoms with E-state index in [0.29, 0.717) is 5.69 Å². The Balaban J connectivity index is 2.18. The number of aliphatic hydroxyl groups excluding tert-OH is 1. The minimum absolute atomic E-state index is 0.0206. The molecule has 0 unspecified atom stereocenters. The number of fused-ring (bicyclic) bond motifs is 1. The van der Waals surface area contributed by atoms with Gasteiger partial charge in [-0.25, -0.2) is 4.98 Å². The van der Waals surface area contributed by atoms with E-state index >= 15 is 0 Å². The van der Waals surface area contributed by atoms with Gasteiger partial charge in [-0.05, 0) is 50.9 Å². The van der Waals surface area contributed by atoms with Gasteiger partial charge in [0.05, 0.1) is 12.9 Å². The van der Waals surface area contributed by atoms with Crippen LogP contribution in [0, 0.1) is 5.92 Å². The number of H-pyrrole nitrogens is 1. The second-order valence-electron chi connectivity index (χ2n) is 16.6. The van der Waals surface area contributed by atoms with Crippen molar-refractivity contribution < 1.29 is 63.0 Å². The number of carboxylic acid groups (broad SMARTS) is 1. The molecule has 28 heteroatoms. The summed E-state index contributed by atoms with van der Waals surface area (Å²) in [7, 11) is 0. The zero-order valence-corrected chi connectivity index (χ0v) is 37.8. The molecule has 2 fully saturated rings. The number of hydrogen-bond acceptors (Lipinski definition) is 14. The molecule has 2 saturated heterocycles. The summed E-state index contributed by atoms with van der Waals surface area (Å²) in [6.07, 6.45) is -0.394. The Bertz CT molecular complexity index is 2030. The minimum atomic E-state index is -1.71. The molecule has 1 aromatic rings. The lowest BCUT2D eigenvalue weighted by Crippen LogP contribution is -2.62. The fourth-order valence-electron chi connectivity index (χ4n) is 7.34. The van der Waals surface area contributed by atoms with Crippen molar-refractivity contribution in [3.05, 3.63) is 18.2 Å². The molecule has 2 aliphatic rings. The quantitative estimate of drug-likeness (QED) is 0.0392. The Kier molecular flexibility index (Phi) is 21.6. The normalized spacial score (nSPS) is 25.0. The summed E-state index contributed by atoms with van der Waals surface area (Å²) in [6, 6.07) is -12.3. The van der Waals surface area contributed by atoms with E-state index in [2.05, 4.69) is 52.2 Å². The number of aromatic nitrogens is 2. The summed E-state index contributed by atoms with van der Waals surface area (Å²) in [6.45, 7) is 2.02. The molecule has 10 amide bonds. The molecule has 28 nitrogen and oxygen atoms in total. The predicted octanol–water partition coefficient (Wildman–Crippen LogP) is -6.55. The maximum Gasteiger partial charge on any atom is 0.303 e. The highest BCUT2D eigenvalue weighted by atomic mass is 16.4. The number of carboxylic acids is 1. The third-order valence-corrected chi connectivity index (χ3v) is 11.0. The molecule has 0 aromatic carbocycles. The van der Waals surface area contributed by atoms with E-state index in [1.807, 2.05) is 0 Å². The number of nitrogens with zero attached hydrogens (tertiary/aromatic N) is 3. The van der Waals surface area contributed by atoms with Crippen molar-refractivity contribution in [1.29, 1.82) is 0 Å². The van der Waals surface area contributed by atoms with Crippen LogP contribution in [0.4, 0.5) is 0 Å². The van der Waals surface area contributed by atoms with E-state index < -0.39 is 164 Å². The van der Waals surface area contributed by atoms with Gasteiger partial charge in [-0.15, -0.1) is 0 Å². The molecule has 2 aliphatic heterocycles. The van der Waals surface area contributed by atoms with Crippen molar-refractivity contribution >= 4 is 71.0 Å². The average molecular weight is 962 g/mol. The van der Waals surface area contributed by atoms with Crippen LogP contribution >= 0.6 is 0 Å².